The van der Waals surface area contributed by atoms with Crippen LogP contribution in [-0.4, -0.2) is 25.3 Å². The van der Waals surface area contributed by atoms with Crippen molar-refractivity contribution >= 4 is 25.3 Å². The summed E-state index contributed by atoms with van der Waals surface area (Å²) in [6.45, 7) is 4.28. The van der Waals surface area contributed by atoms with E-state index in [1.54, 1.807) is 25.2 Å². The van der Waals surface area contributed by atoms with E-state index in [-0.39, 0.29) is 12.1 Å². The van der Waals surface area contributed by atoms with Crippen molar-refractivity contribution in [2.75, 3.05) is 19.4 Å². The van der Waals surface area contributed by atoms with Crippen molar-refractivity contribution in [1.82, 2.24) is 0 Å². The van der Waals surface area contributed by atoms with Gasteiger partial charge in [0.05, 0.1) is 19.1 Å². The Morgan fingerprint density at radius 1 is 1.12 bits per heavy atom. The normalized spacial score (nSPS) is 13.4. The molecule has 0 aliphatic carbocycles. The first-order valence-electron chi connectivity index (χ1n) is 8.07. The molecular formula is C18H23O4PS. The molecule has 1 heterocycles. The topological polar surface area (TPSA) is 52.6 Å². The van der Waals surface area contributed by atoms with Crippen LogP contribution in [0.5, 0.6) is 0 Å². The fourth-order valence-corrected chi connectivity index (χ4v) is 4.28. The quantitative estimate of drug-likeness (QED) is 0.479. The second-order valence-corrected chi connectivity index (χ2v) is 7.59. The van der Waals surface area contributed by atoms with Crippen molar-refractivity contribution in [3.05, 3.63) is 46.7 Å². The Morgan fingerprint density at radius 2 is 1.88 bits per heavy atom. The monoisotopic (exact) mass is 366 g/mol. The van der Waals surface area contributed by atoms with Gasteiger partial charge in [-0.1, -0.05) is 24.3 Å². The first-order valence-corrected chi connectivity index (χ1v) is 10.5. The Balaban J connectivity index is 2.07. The van der Waals surface area contributed by atoms with E-state index in [0.717, 1.165) is 11.1 Å². The van der Waals surface area contributed by atoms with Gasteiger partial charge in [-0.2, -0.15) is 11.3 Å². The molecule has 0 fully saturated rings. The van der Waals surface area contributed by atoms with Crippen LogP contribution in [0, 0.1) is 5.92 Å². The lowest BCUT2D eigenvalue weighted by Gasteiger charge is -2.15. The lowest BCUT2D eigenvalue weighted by Crippen LogP contribution is -2.22. The fourth-order valence-electron chi connectivity index (χ4n) is 2.47. The number of thiophene rings is 1. The minimum absolute atomic E-state index is 0.226. The number of hydrogen-bond donors (Lipinski definition) is 0. The average Bonchev–Trinajstić information content (AvgIpc) is 3.10. The molecule has 2 aromatic rings. The Morgan fingerprint density at radius 3 is 2.46 bits per heavy atom. The van der Waals surface area contributed by atoms with E-state index in [1.165, 1.54) is 5.56 Å². The van der Waals surface area contributed by atoms with Gasteiger partial charge in [-0.05, 0) is 53.8 Å². The summed E-state index contributed by atoms with van der Waals surface area (Å²) < 4.78 is 22.2. The van der Waals surface area contributed by atoms with Gasteiger partial charge in [0, 0.05) is 6.16 Å². The summed E-state index contributed by atoms with van der Waals surface area (Å²) in [4.78, 5) is 12.1. The predicted molar refractivity (Wildman–Crippen MR) is 99.1 cm³/mol. The van der Waals surface area contributed by atoms with Crippen molar-refractivity contribution in [2.24, 2.45) is 5.92 Å². The van der Waals surface area contributed by atoms with Crippen LogP contribution >= 0.6 is 19.4 Å². The highest BCUT2D eigenvalue weighted by molar-refractivity contribution is 7.39. The molecule has 6 heteroatoms. The molecule has 2 rings (SSSR count). The highest BCUT2D eigenvalue weighted by atomic mass is 32.1. The zero-order valence-electron chi connectivity index (χ0n) is 14.0. The van der Waals surface area contributed by atoms with Crippen molar-refractivity contribution < 1.29 is 18.6 Å². The predicted octanol–water partition coefficient (Wildman–Crippen LogP) is 4.65. The molecule has 4 nitrogen and oxygen atoms in total. The second-order valence-electron chi connectivity index (χ2n) is 5.37. The van der Waals surface area contributed by atoms with Gasteiger partial charge < -0.3 is 9.26 Å². The standard InChI is InChI=1S/C18H23O4PS/c1-3-21-18(19)17(12-23(20)22-4-2)11-14-5-7-15(8-6-14)16-9-10-24-13-16/h5-10,13,17,23H,3-4,11-12H2,1-2H3/t17-/m1/s1. The minimum atomic E-state index is -2.21. The van der Waals surface area contributed by atoms with Gasteiger partial charge in [0.15, 0.2) is 8.03 Å². The van der Waals surface area contributed by atoms with Gasteiger partial charge in [0.25, 0.3) is 0 Å². The molecule has 0 saturated heterocycles. The van der Waals surface area contributed by atoms with E-state index in [4.69, 9.17) is 9.26 Å². The molecule has 0 radical (unpaired) electrons. The van der Waals surface area contributed by atoms with E-state index < -0.39 is 13.9 Å². The molecule has 0 spiro atoms. The van der Waals surface area contributed by atoms with Gasteiger partial charge >= 0.3 is 5.97 Å². The number of carbonyl (C=O) groups is 1. The third kappa shape index (κ3) is 5.59. The molecule has 0 amide bonds. The summed E-state index contributed by atoms with van der Waals surface area (Å²) in [5.41, 5.74) is 3.36. The molecule has 0 N–H and O–H groups in total. The summed E-state index contributed by atoms with van der Waals surface area (Å²) in [6.07, 6.45) is 0.732. The number of benzene rings is 1. The van der Waals surface area contributed by atoms with E-state index in [0.29, 0.717) is 19.6 Å². The number of esters is 1. The molecule has 130 valence electrons. The summed E-state index contributed by atoms with van der Waals surface area (Å²) in [5.74, 6) is -0.743. The van der Waals surface area contributed by atoms with Crippen LogP contribution in [0.1, 0.15) is 19.4 Å². The fraction of sp³-hybridized carbons (Fsp3) is 0.389. The van der Waals surface area contributed by atoms with Crippen LogP contribution in [0.25, 0.3) is 11.1 Å². The molecule has 1 aromatic heterocycles. The molecular weight excluding hydrogens is 343 g/mol. The van der Waals surface area contributed by atoms with Gasteiger partial charge in [-0.3, -0.25) is 9.36 Å². The molecule has 0 bridgehead atoms. The first-order chi connectivity index (χ1) is 11.6. The number of hydrogen-bond acceptors (Lipinski definition) is 5. The highest BCUT2D eigenvalue weighted by Gasteiger charge is 2.23. The Bertz CT molecular complexity index is 652. The second kappa shape index (κ2) is 9.77. The van der Waals surface area contributed by atoms with E-state index in [2.05, 4.69) is 11.4 Å². The molecule has 1 aromatic carbocycles. The lowest BCUT2D eigenvalue weighted by molar-refractivity contribution is -0.147. The third-order valence-electron chi connectivity index (χ3n) is 3.63. The number of ether oxygens (including phenoxy) is 1. The molecule has 24 heavy (non-hydrogen) atoms. The van der Waals surface area contributed by atoms with Gasteiger partial charge in [-0.15, -0.1) is 0 Å². The van der Waals surface area contributed by atoms with Crippen LogP contribution in [0.2, 0.25) is 0 Å². The maximum atomic E-state index is 12.1. The average molecular weight is 366 g/mol. The van der Waals surface area contributed by atoms with E-state index in [1.807, 2.05) is 29.6 Å². The largest absolute Gasteiger partial charge is 0.466 e. The number of carbonyl (C=O) groups excluding carboxylic acids is 1. The van der Waals surface area contributed by atoms with Crippen LogP contribution in [0.4, 0.5) is 0 Å². The van der Waals surface area contributed by atoms with Crippen LogP contribution in [-0.2, 0) is 25.0 Å². The van der Waals surface area contributed by atoms with Crippen molar-refractivity contribution in [1.29, 1.82) is 0 Å². The zero-order valence-corrected chi connectivity index (χ0v) is 15.8. The van der Waals surface area contributed by atoms with Gasteiger partial charge in [0.2, 0.25) is 0 Å². The van der Waals surface area contributed by atoms with Crippen LogP contribution in [0.3, 0.4) is 0 Å². The Hall–Kier alpha value is -1.42. The molecule has 2 atom stereocenters. The van der Waals surface area contributed by atoms with Crippen LogP contribution < -0.4 is 0 Å². The van der Waals surface area contributed by atoms with Gasteiger partial charge in [0.1, 0.15) is 0 Å². The summed E-state index contributed by atoms with van der Waals surface area (Å²) in [7, 11) is -2.21. The summed E-state index contributed by atoms with van der Waals surface area (Å²) >= 11 is 1.66. The van der Waals surface area contributed by atoms with E-state index >= 15 is 0 Å². The van der Waals surface area contributed by atoms with Crippen molar-refractivity contribution in [3.8, 4) is 11.1 Å². The molecule has 0 aliphatic heterocycles. The third-order valence-corrected chi connectivity index (χ3v) is 5.75. The smallest absolute Gasteiger partial charge is 0.309 e. The summed E-state index contributed by atoms with van der Waals surface area (Å²) in [6, 6.07) is 10.2. The lowest BCUT2D eigenvalue weighted by atomic mass is 9.99. The maximum absolute atomic E-state index is 12.1. The van der Waals surface area contributed by atoms with Gasteiger partial charge in [-0.25, -0.2) is 0 Å². The zero-order chi connectivity index (χ0) is 17.4. The van der Waals surface area contributed by atoms with E-state index in [9.17, 15) is 9.36 Å². The number of rotatable bonds is 9. The maximum Gasteiger partial charge on any atom is 0.309 e. The Labute approximate surface area is 147 Å². The molecule has 0 aliphatic rings. The minimum Gasteiger partial charge on any atom is -0.466 e. The molecule has 0 saturated carbocycles. The highest BCUT2D eigenvalue weighted by Crippen LogP contribution is 2.29. The molecule has 1 unspecified atom stereocenters. The van der Waals surface area contributed by atoms with Crippen molar-refractivity contribution in [3.63, 3.8) is 0 Å². The Kier molecular flexibility index (Phi) is 7.70. The first kappa shape index (κ1) is 18.9. The van der Waals surface area contributed by atoms with Crippen molar-refractivity contribution in [2.45, 2.75) is 20.3 Å². The van der Waals surface area contributed by atoms with Crippen LogP contribution in [0.15, 0.2) is 41.1 Å². The SMILES string of the molecule is CCOC(=O)[C@H](Cc1ccc(-c2ccsc2)cc1)C[PH](=O)OCC. The summed E-state index contributed by atoms with van der Waals surface area (Å²) in [5, 5.41) is 4.15.